The summed E-state index contributed by atoms with van der Waals surface area (Å²) in [5, 5.41) is 0. The zero-order valence-corrected chi connectivity index (χ0v) is 12.6. The van der Waals surface area contributed by atoms with Crippen LogP contribution < -0.4 is 5.73 Å². The molecule has 18 heavy (non-hydrogen) atoms. The maximum atomic E-state index is 5.95. The summed E-state index contributed by atoms with van der Waals surface area (Å²) in [6.07, 6.45) is 7.99. The van der Waals surface area contributed by atoms with Crippen LogP contribution >= 0.6 is 0 Å². The first-order chi connectivity index (χ1) is 8.59. The molecular formula is C15H32N2O. The Hall–Kier alpha value is -0.120. The SMILES string of the molecule is CCCCCCCC(CN)N1CCOC(C)(C)C1. The Bertz CT molecular complexity index is 219. The van der Waals surface area contributed by atoms with Crippen LogP contribution in [0.25, 0.3) is 0 Å². The van der Waals surface area contributed by atoms with Crippen LogP contribution in [0.1, 0.15) is 59.3 Å². The van der Waals surface area contributed by atoms with E-state index in [0.29, 0.717) is 6.04 Å². The number of rotatable bonds is 8. The third-order valence-electron chi connectivity index (χ3n) is 3.88. The summed E-state index contributed by atoms with van der Waals surface area (Å²) in [5.41, 5.74) is 5.94. The lowest BCUT2D eigenvalue weighted by Gasteiger charge is -2.42. The normalized spacial score (nSPS) is 22.0. The van der Waals surface area contributed by atoms with Gasteiger partial charge in [0, 0.05) is 25.7 Å². The molecule has 0 aliphatic carbocycles. The molecule has 1 heterocycles. The molecule has 1 saturated heterocycles. The van der Waals surface area contributed by atoms with Gasteiger partial charge >= 0.3 is 0 Å². The Labute approximate surface area is 113 Å². The number of morpholine rings is 1. The van der Waals surface area contributed by atoms with Crippen LogP contribution in [0.15, 0.2) is 0 Å². The quantitative estimate of drug-likeness (QED) is 0.679. The lowest BCUT2D eigenvalue weighted by atomic mass is 10.0. The van der Waals surface area contributed by atoms with Gasteiger partial charge in [-0.25, -0.2) is 0 Å². The lowest BCUT2D eigenvalue weighted by molar-refractivity contribution is -0.0969. The van der Waals surface area contributed by atoms with E-state index < -0.39 is 0 Å². The Balaban J connectivity index is 2.27. The van der Waals surface area contributed by atoms with Crippen LogP contribution in [0.3, 0.4) is 0 Å². The molecule has 1 aliphatic rings. The standard InChI is InChI=1S/C15H32N2O/c1-4-5-6-7-8-9-14(12-16)17-10-11-18-15(2,3)13-17/h14H,4-13,16H2,1-3H3. The zero-order chi connectivity index (χ0) is 13.4. The third-order valence-corrected chi connectivity index (χ3v) is 3.88. The molecule has 0 aromatic heterocycles. The van der Waals surface area contributed by atoms with Crippen LogP contribution in [-0.2, 0) is 4.74 Å². The molecule has 0 aromatic carbocycles. The van der Waals surface area contributed by atoms with Crippen molar-refractivity contribution >= 4 is 0 Å². The van der Waals surface area contributed by atoms with E-state index in [1.54, 1.807) is 0 Å². The smallest absolute Gasteiger partial charge is 0.0753 e. The van der Waals surface area contributed by atoms with Crippen molar-refractivity contribution in [3.05, 3.63) is 0 Å². The largest absolute Gasteiger partial charge is 0.373 e. The van der Waals surface area contributed by atoms with Gasteiger partial charge in [-0.15, -0.1) is 0 Å². The summed E-state index contributed by atoms with van der Waals surface area (Å²) >= 11 is 0. The van der Waals surface area contributed by atoms with Crippen molar-refractivity contribution < 1.29 is 4.74 Å². The number of unbranched alkanes of at least 4 members (excludes halogenated alkanes) is 4. The first-order valence-electron chi connectivity index (χ1n) is 7.67. The van der Waals surface area contributed by atoms with Crippen molar-refractivity contribution in [3.8, 4) is 0 Å². The van der Waals surface area contributed by atoms with Crippen molar-refractivity contribution in [2.24, 2.45) is 5.73 Å². The molecule has 0 aromatic rings. The second kappa shape index (κ2) is 8.13. The fraction of sp³-hybridized carbons (Fsp3) is 1.00. The molecule has 0 spiro atoms. The van der Waals surface area contributed by atoms with Gasteiger partial charge in [-0.2, -0.15) is 0 Å². The first kappa shape index (κ1) is 15.9. The van der Waals surface area contributed by atoms with Crippen LogP contribution in [-0.4, -0.2) is 42.8 Å². The fourth-order valence-electron chi connectivity index (χ4n) is 2.80. The number of nitrogens with two attached hydrogens (primary N) is 1. The van der Waals surface area contributed by atoms with Gasteiger partial charge in [0.2, 0.25) is 0 Å². The van der Waals surface area contributed by atoms with E-state index in [0.717, 1.165) is 26.2 Å². The van der Waals surface area contributed by atoms with E-state index in [1.807, 2.05) is 0 Å². The van der Waals surface area contributed by atoms with Gasteiger partial charge in [0.25, 0.3) is 0 Å². The highest BCUT2D eigenvalue weighted by Crippen LogP contribution is 2.20. The molecule has 1 fully saturated rings. The summed E-state index contributed by atoms with van der Waals surface area (Å²) in [6.45, 7) is 10.3. The monoisotopic (exact) mass is 256 g/mol. The molecule has 108 valence electrons. The van der Waals surface area contributed by atoms with E-state index >= 15 is 0 Å². The second-order valence-corrected chi connectivity index (χ2v) is 6.17. The van der Waals surface area contributed by atoms with Crippen LogP contribution in [0.4, 0.5) is 0 Å². The number of ether oxygens (including phenoxy) is 1. The minimum absolute atomic E-state index is 0.00607. The van der Waals surface area contributed by atoms with E-state index in [1.165, 1.54) is 38.5 Å². The van der Waals surface area contributed by atoms with Gasteiger partial charge < -0.3 is 10.5 Å². The highest BCUT2D eigenvalue weighted by molar-refractivity contribution is 4.84. The summed E-state index contributed by atoms with van der Waals surface area (Å²) < 4.78 is 5.77. The van der Waals surface area contributed by atoms with E-state index in [9.17, 15) is 0 Å². The van der Waals surface area contributed by atoms with E-state index in [4.69, 9.17) is 10.5 Å². The lowest BCUT2D eigenvalue weighted by Crippen LogP contribution is -2.54. The Morgan fingerprint density at radius 1 is 1.22 bits per heavy atom. The van der Waals surface area contributed by atoms with Gasteiger partial charge in [-0.1, -0.05) is 39.0 Å². The summed E-state index contributed by atoms with van der Waals surface area (Å²) in [7, 11) is 0. The Morgan fingerprint density at radius 2 is 1.94 bits per heavy atom. The molecule has 0 radical (unpaired) electrons. The van der Waals surface area contributed by atoms with E-state index in [2.05, 4.69) is 25.7 Å². The molecule has 1 rings (SSSR count). The molecule has 0 bridgehead atoms. The minimum Gasteiger partial charge on any atom is -0.373 e. The van der Waals surface area contributed by atoms with Crippen molar-refractivity contribution in [1.29, 1.82) is 0 Å². The molecular weight excluding hydrogens is 224 g/mol. The first-order valence-corrected chi connectivity index (χ1v) is 7.67. The molecule has 3 nitrogen and oxygen atoms in total. The number of nitrogens with zero attached hydrogens (tertiary/aromatic N) is 1. The fourth-order valence-corrected chi connectivity index (χ4v) is 2.80. The number of hydrogen-bond donors (Lipinski definition) is 1. The van der Waals surface area contributed by atoms with Crippen LogP contribution in [0.5, 0.6) is 0 Å². The average Bonchev–Trinajstić information content (AvgIpc) is 2.32. The Morgan fingerprint density at radius 3 is 2.56 bits per heavy atom. The van der Waals surface area contributed by atoms with Crippen LogP contribution in [0.2, 0.25) is 0 Å². The molecule has 0 amide bonds. The second-order valence-electron chi connectivity index (χ2n) is 6.17. The molecule has 3 heteroatoms. The maximum absolute atomic E-state index is 5.95. The third kappa shape index (κ3) is 5.68. The van der Waals surface area contributed by atoms with Crippen molar-refractivity contribution in [2.45, 2.75) is 70.9 Å². The highest BCUT2D eigenvalue weighted by atomic mass is 16.5. The van der Waals surface area contributed by atoms with Gasteiger partial charge in [0.15, 0.2) is 0 Å². The average molecular weight is 256 g/mol. The highest BCUT2D eigenvalue weighted by Gasteiger charge is 2.30. The van der Waals surface area contributed by atoms with Crippen molar-refractivity contribution in [2.75, 3.05) is 26.2 Å². The predicted molar refractivity (Wildman–Crippen MR) is 77.8 cm³/mol. The topological polar surface area (TPSA) is 38.5 Å². The van der Waals surface area contributed by atoms with Gasteiger partial charge in [-0.3, -0.25) is 4.90 Å². The van der Waals surface area contributed by atoms with Crippen molar-refractivity contribution in [1.82, 2.24) is 4.90 Å². The van der Waals surface area contributed by atoms with Gasteiger partial charge in [-0.05, 0) is 20.3 Å². The van der Waals surface area contributed by atoms with Gasteiger partial charge in [0.05, 0.1) is 12.2 Å². The molecule has 1 unspecified atom stereocenters. The Kier molecular flexibility index (Phi) is 7.20. The summed E-state index contributed by atoms with van der Waals surface area (Å²) in [5.74, 6) is 0. The molecule has 2 N–H and O–H groups in total. The summed E-state index contributed by atoms with van der Waals surface area (Å²) in [6, 6.07) is 0.551. The van der Waals surface area contributed by atoms with Crippen molar-refractivity contribution in [3.63, 3.8) is 0 Å². The maximum Gasteiger partial charge on any atom is 0.0753 e. The predicted octanol–water partition coefficient (Wildman–Crippen LogP) is 2.79. The van der Waals surface area contributed by atoms with E-state index in [-0.39, 0.29) is 5.60 Å². The molecule has 0 saturated carbocycles. The zero-order valence-electron chi connectivity index (χ0n) is 12.6. The molecule has 1 atom stereocenters. The van der Waals surface area contributed by atoms with Crippen LogP contribution in [0, 0.1) is 0 Å². The number of hydrogen-bond acceptors (Lipinski definition) is 3. The summed E-state index contributed by atoms with van der Waals surface area (Å²) in [4.78, 5) is 2.53. The minimum atomic E-state index is -0.00607. The molecule has 1 aliphatic heterocycles. The van der Waals surface area contributed by atoms with Gasteiger partial charge in [0.1, 0.15) is 0 Å².